The molecule has 2 N–H and O–H groups in total. The van der Waals surface area contributed by atoms with Crippen LogP contribution in [0.3, 0.4) is 0 Å². The van der Waals surface area contributed by atoms with E-state index in [1.165, 1.54) is 0 Å². The third kappa shape index (κ3) is 8.81. The number of rotatable bonds is 15. The Morgan fingerprint density at radius 3 is 1.35 bits per heavy atom. The first kappa shape index (κ1) is 32.8. The van der Waals surface area contributed by atoms with Gasteiger partial charge in [0.1, 0.15) is 0 Å². The van der Waals surface area contributed by atoms with Crippen molar-refractivity contribution < 1.29 is 19.8 Å². The zero-order valence-electron chi connectivity index (χ0n) is 26.9. The molecule has 0 amide bonds. The van der Waals surface area contributed by atoms with Crippen molar-refractivity contribution in [2.45, 2.75) is 45.2 Å². The molecule has 0 unspecified atom stereocenters. The number of nitrogens with zero attached hydrogens (tertiary/aromatic N) is 6. The van der Waals surface area contributed by atoms with Crippen LogP contribution >= 0.6 is 0 Å². The molecule has 0 saturated heterocycles. The first-order valence-corrected chi connectivity index (χ1v) is 16.2. The Balaban J connectivity index is 1.31. The van der Waals surface area contributed by atoms with Crippen molar-refractivity contribution in [3.05, 3.63) is 166 Å². The maximum absolute atomic E-state index is 10.9. The lowest BCUT2D eigenvalue weighted by Gasteiger charge is -2.19. The Kier molecular flexibility index (Phi) is 10.4. The van der Waals surface area contributed by atoms with Crippen molar-refractivity contribution in [3.63, 3.8) is 0 Å². The molecular weight excluding hydrogens is 616 g/mol. The van der Waals surface area contributed by atoms with Crippen molar-refractivity contribution in [1.29, 1.82) is 0 Å². The van der Waals surface area contributed by atoms with Crippen LogP contribution in [-0.4, -0.2) is 52.1 Å². The standard InChI is InChI=1S/C39H36N6O4/c46-36(47)13-7-12-34-26-44(42-40-34)24-28-14-18-32(19-15-28)38(30-8-3-1-4-9-30)39(31-10-5-2-6-11-31)33-20-16-29(17-21-33)25-45-27-35(41-43-45)22-23-37(48)49/h1-6,8-11,14-21,26-27H,7,12-13,22-25H2,(H,46,47)(H,48,49). The Bertz CT molecular complexity index is 2030. The number of aromatic nitrogens is 6. The smallest absolute Gasteiger partial charge is 0.303 e. The molecule has 10 heteroatoms. The second-order valence-electron chi connectivity index (χ2n) is 11.8. The third-order valence-corrected chi connectivity index (χ3v) is 8.14. The van der Waals surface area contributed by atoms with Gasteiger partial charge in [-0.3, -0.25) is 9.59 Å². The van der Waals surface area contributed by atoms with E-state index in [9.17, 15) is 9.59 Å². The Hall–Kier alpha value is -6.16. The number of carbonyl (C=O) groups is 2. The van der Waals surface area contributed by atoms with Gasteiger partial charge >= 0.3 is 11.9 Å². The van der Waals surface area contributed by atoms with Crippen molar-refractivity contribution in [1.82, 2.24) is 30.0 Å². The molecule has 6 rings (SSSR count). The molecule has 0 spiro atoms. The zero-order chi connectivity index (χ0) is 34.0. The number of aliphatic carboxylic acids is 2. The minimum Gasteiger partial charge on any atom is -0.481 e. The van der Waals surface area contributed by atoms with Crippen LogP contribution in [0.15, 0.2) is 122 Å². The van der Waals surface area contributed by atoms with Crippen LogP contribution in [0, 0.1) is 0 Å². The molecule has 0 aliphatic rings. The number of carboxylic acids is 2. The van der Waals surface area contributed by atoms with Crippen LogP contribution < -0.4 is 0 Å². The number of carboxylic acid groups (broad SMARTS) is 2. The predicted octanol–water partition coefficient (Wildman–Crippen LogP) is 6.40. The Morgan fingerprint density at radius 2 is 0.918 bits per heavy atom. The van der Waals surface area contributed by atoms with E-state index < -0.39 is 11.9 Å². The summed E-state index contributed by atoms with van der Waals surface area (Å²) in [5, 5.41) is 34.7. The van der Waals surface area contributed by atoms with E-state index in [0.29, 0.717) is 38.0 Å². The van der Waals surface area contributed by atoms with Gasteiger partial charge in [0.2, 0.25) is 0 Å². The molecule has 10 nitrogen and oxygen atoms in total. The molecule has 0 atom stereocenters. The van der Waals surface area contributed by atoms with Crippen LogP contribution in [0.5, 0.6) is 0 Å². The lowest BCUT2D eigenvalue weighted by atomic mass is 9.85. The summed E-state index contributed by atoms with van der Waals surface area (Å²) in [5.41, 5.74) is 10.1. The lowest BCUT2D eigenvalue weighted by Crippen LogP contribution is -2.02. The van der Waals surface area contributed by atoms with Crippen LogP contribution in [0.4, 0.5) is 0 Å². The quantitative estimate of drug-likeness (QED) is 0.122. The van der Waals surface area contributed by atoms with Crippen LogP contribution in [0.2, 0.25) is 0 Å². The fourth-order valence-corrected chi connectivity index (χ4v) is 5.76. The number of aryl methyl sites for hydroxylation is 2. The van der Waals surface area contributed by atoms with E-state index in [4.69, 9.17) is 10.2 Å². The first-order chi connectivity index (χ1) is 23.9. The second kappa shape index (κ2) is 15.6. The molecule has 246 valence electrons. The second-order valence-corrected chi connectivity index (χ2v) is 11.8. The van der Waals surface area contributed by atoms with E-state index in [0.717, 1.165) is 50.2 Å². The minimum absolute atomic E-state index is 0.0225. The SMILES string of the molecule is O=C(O)CCCc1cn(Cc2ccc(C(=C(c3ccccc3)c3ccc(Cn4cc(CCC(=O)O)nn4)cc3)c3ccccc3)cc2)nn1. The Morgan fingerprint density at radius 1 is 0.510 bits per heavy atom. The molecule has 4 aromatic carbocycles. The van der Waals surface area contributed by atoms with Gasteiger partial charge in [-0.05, 0) is 57.4 Å². The Labute approximate surface area is 284 Å². The summed E-state index contributed by atoms with van der Waals surface area (Å²) in [4.78, 5) is 21.8. The molecular formula is C39H36N6O4. The van der Waals surface area contributed by atoms with E-state index in [2.05, 4.69) is 118 Å². The molecule has 6 aromatic rings. The van der Waals surface area contributed by atoms with Gasteiger partial charge in [0.15, 0.2) is 0 Å². The largest absolute Gasteiger partial charge is 0.481 e. The van der Waals surface area contributed by atoms with Gasteiger partial charge in [-0.1, -0.05) is 120 Å². The molecule has 0 bridgehead atoms. The van der Waals surface area contributed by atoms with Gasteiger partial charge in [0.05, 0.1) is 30.9 Å². The van der Waals surface area contributed by atoms with Gasteiger partial charge in [0.25, 0.3) is 0 Å². The molecule has 49 heavy (non-hydrogen) atoms. The van der Waals surface area contributed by atoms with E-state index in [1.54, 1.807) is 15.6 Å². The van der Waals surface area contributed by atoms with Crippen molar-refractivity contribution in [2.75, 3.05) is 0 Å². The summed E-state index contributed by atoms with van der Waals surface area (Å²) in [5.74, 6) is -1.66. The molecule has 0 fully saturated rings. The summed E-state index contributed by atoms with van der Waals surface area (Å²) < 4.78 is 3.52. The van der Waals surface area contributed by atoms with E-state index in [1.807, 2.05) is 18.3 Å². The zero-order valence-corrected chi connectivity index (χ0v) is 26.9. The average molecular weight is 653 g/mol. The van der Waals surface area contributed by atoms with Crippen molar-refractivity contribution in [3.8, 4) is 0 Å². The van der Waals surface area contributed by atoms with Crippen LogP contribution in [0.25, 0.3) is 11.1 Å². The van der Waals surface area contributed by atoms with Crippen molar-refractivity contribution in [2.24, 2.45) is 0 Å². The predicted molar refractivity (Wildman–Crippen MR) is 186 cm³/mol. The van der Waals surface area contributed by atoms with Crippen LogP contribution in [-0.2, 0) is 35.5 Å². The molecule has 0 aliphatic heterocycles. The molecule has 2 aromatic heterocycles. The van der Waals surface area contributed by atoms with Crippen LogP contribution in [0.1, 0.15) is 64.0 Å². The monoisotopic (exact) mass is 652 g/mol. The van der Waals surface area contributed by atoms with Gasteiger partial charge in [-0.25, -0.2) is 9.36 Å². The summed E-state index contributed by atoms with van der Waals surface area (Å²) in [6, 6.07) is 37.7. The molecule has 0 aliphatic carbocycles. The summed E-state index contributed by atoms with van der Waals surface area (Å²) in [6.45, 7) is 1.07. The fourth-order valence-electron chi connectivity index (χ4n) is 5.76. The fraction of sp³-hybridized carbons (Fsp3) is 0.179. The van der Waals surface area contributed by atoms with Gasteiger partial charge in [0, 0.05) is 25.2 Å². The average Bonchev–Trinajstić information content (AvgIpc) is 3.77. The molecule has 0 saturated carbocycles. The lowest BCUT2D eigenvalue weighted by molar-refractivity contribution is -0.138. The number of hydrogen-bond acceptors (Lipinski definition) is 6. The van der Waals surface area contributed by atoms with Gasteiger partial charge in [-0.15, -0.1) is 10.2 Å². The summed E-state index contributed by atoms with van der Waals surface area (Å²) >= 11 is 0. The third-order valence-electron chi connectivity index (χ3n) is 8.14. The highest BCUT2D eigenvalue weighted by Crippen LogP contribution is 2.37. The molecule has 0 radical (unpaired) electrons. The summed E-state index contributed by atoms with van der Waals surface area (Å²) in [7, 11) is 0. The maximum Gasteiger partial charge on any atom is 0.303 e. The van der Waals surface area contributed by atoms with E-state index in [-0.39, 0.29) is 12.8 Å². The number of benzene rings is 4. The maximum atomic E-state index is 10.9. The van der Waals surface area contributed by atoms with Gasteiger partial charge < -0.3 is 10.2 Å². The highest BCUT2D eigenvalue weighted by atomic mass is 16.4. The number of hydrogen-bond donors (Lipinski definition) is 2. The topological polar surface area (TPSA) is 136 Å². The normalized spacial score (nSPS) is 11.7. The minimum atomic E-state index is -0.855. The van der Waals surface area contributed by atoms with Crippen molar-refractivity contribution >= 4 is 23.1 Å². The summed E-state index contributed by atoms with van der Waals surface area (Å²) in [6.07, 6.45) is 5.27. The molecule has 2 heterocycles. The van der Waals surface area contributed by atoms with E-state index >= 15 is 0 Å². The first-order valence-electron chi connectivity index (χ1n) is 16.2. The highest BCUT2D eigenvalue weighted by molar-refractivity contribution is 6.04. The highest BCUT2D eigenvalue weighted by Gasteiger charge is 2.17. The van der Waals surface area contributed by atoms with Gasteiger partial charge in [-0.2, -0.15) is 0 Å².